The average Bonchev–Trinajstić information content (AvgIpc) is 2.64. The fourth-order valence-electron chi connectivity index (χ4n) is 2.18. The van der Waals surface area contributed by atoms with Crippen LogP contribution in [-0.4, -0.2) is 39.9 Å². The van der Waals surface area contributed by atoms with E-state index >= 15 is 0 Å². The van der Waals surface area contributed by atoms with Crippen molar-refractivity contribution in [3.8, 4) is 23.0 Å². The van der Waals surface area contributed by atoms with Gasteiger partial charge >= 0.3 is 0 Å². The molecule has 0 aliphatic rings. The highest BCUT2D eigenvalue weighted by atomic mass is 16.5. The SMILES string of the molecule is COc1cc(C)ccc1OCCNC(=O)COc1ccccc1OC. The predicted molar refractivity (Wildman–Crippen MR) is 94.7 cm³/mol. The summed E-state index contributed by atoms with van der Waals surface area (Å²) in [4.78, 5) is 11.8. The Kier molecular flexibility index (Phi) is 6.95. The molecule has 0 radical (unpaired) electrons. The number of hydrogen-bond donors (Lipinski definition) is 1. The molecule has 0 unspecified atom stereocenters. The molecule has 2 rings (SSSR count). The van der Waals surface area contributed by atoms with Crippen molar-refractivity contribution < 1.29 is 23.7 Å². The molecular formula is C19H23NO5. The van der Waals surface area contributed by atoms with Gasteiger partial charge in [-0.1, -0.05) is 18.2 Å². The molecule has 1 N–H and O–H groups in total. The third kappa shape index (κ3) is 5.60. The lowest BCUT2D eigenvalue weighted by atomic mass is 10.2. The third-order valence-corrected chi connectivity index (χ3v) is 3.43. The number of carbonyl (C=O) groups is 1. The Hall–Kier alpha value is -2.89. The number of carbonyl (C=O) groups excluding carboxylic acids is 1. The Balaban J connectivity index is 1.72. The standard InChI is InChI=1S/C19H23NO5/c1-14-8-9-17(18(12-14)23-3)24-11-10-20-19(21)13-25-16-7-5-4-6-15(16)22-2/h4-9,12H,10-11,13H2,1-3H3,(H,20,21). The maximum absolute atomic E-state index is 11.8. The van der Waals surface area contributed by atoms with Gasteiger partial charge in [-0.25, -0.2) is 0 Å². The van der Waals surface area contributed by atoms with Crippen molar-refractivity contribution in [2.75, 3.05) is 34.0 Å². The summed E-state index contributed by atoms with van der Waals surface area (Å²) in [5.41, 5.74) is 1.09. The fourth-order valence-corrected chi connectivity index (χ4v) is 2.18. The van der Waals surface area contributed by atoms with Crippen LogP contribution >= 0.6 is 0 Å². The summed E-state index contributed by atoms with van der Waals surface area (Å²) in [7, 11) is 3.15. The smallest absolute Gasteiger partial charge is 0.258 e. The molecule has 2 aromatic carbocycles. The topological polar surface area (TPSA) is 66.0 Å². The van der Waals surface area contributed by atoms with E-state index in [9.17, 15) is 4.79 Å². The monoisotopic (exact) mass is 345 g/mol. The molecule has 6 heteroatoms. The highest BCUT2D eigenvalue weighted by Gasteiger charge is 2.07. The zero-order chi connectivity index (χ0) is 18.1. The number of ether oxygens (including phenoxy) is 4. The minimum absolute atomic E-state index is 0.0891. The molecule has 0 aliphatic heterocycles. The van der Waals surface area contributed by atoms with Crippen LogP contribution in [-0.2, 0) is 4.79 Å². The summed E-state index contributed by atoms with van der Waals surface area (Å²) in [5.74, 6) is 2.20. The molecule has 0 fully saturated rings. The molecule has 6 nitrogen and oxygen atoms in total. The van der Waals surface area contributed by atoms with Gasteiger partial charge in [0.2, 0.25) is 0 Å². The summed E-state index contributed by atoms with van der Waals surface area (Å²) in [5, 5.41) is 2.74. The minimum atomic E-state index is -0.231. The zero-order valence-corrected chi connectivity index (χ0v) is 14.7. The average molecular weight is 345 g/mol. The van der Waals surface area contributed by atoms with Gasteiger partial charge in [-0.05, 0) is 36.8 Å². The highest BCUT2D eigenvalue weighted by Crippen LogP contribution is 2.27. The van der Waals surface area contributed by atoms with Crippen LogP contribution in [0.5, 0.6) is 23.0 Å². The normalized spacial score (nSPS) is 10.0. The van der Waals surface area contributed by atoms with Gasteiger partial charge < -0.3 is 24.3 Å². The van der Waals surface area contributed by atoms with Crippen LogP contribution in [0.1, 0.15) is 5.56 Å². The summed E-state index contributed by atoms with van der Waals surface area (Å²) in [6, 6.07) is 12.9. The van der Waals surface area contributed by atoms with Gasteiger partial charge in [0, 0.05) is 0 Å². The second-order valence-electron chi connectivity index (χ2n) is 5.29. The van der Waals surface area contributed by atoms with E-state index < -0.39 is 0 Å². The molecule has 0 atom stereocenters. The van der Waals surface area contributed by atoms with Crippen LogP contribution in [0.25, 0.3) is 0 Å². The van der Waals surface area contributed by atoms with Gasteiger partial charge in [0.1, 0.15) is 6.61 Å². The van der Waals surface area contributed by atoms with Crippen LogP contribution in [0.2, 0.25) is 0 Å². The molecule has 0 heterocycles. The van der Waals surface area contributed by atoms with Crippen molar-refractivity contribution in [1.82, 2.24) is 5.32 Å². The van der Waals surface area contributed by atoms with E-state index in [-0.39, 0.29) is 12.5 Å². The second kappa shape index (κ2) is 9.42. The molecule has 25 heavy (non-hydrogen) atoms. The number of benzene rings is 2. The Morgan fingerprint density at radius 2 is 1.60 bits per heavy atom. The lowest BCUT2D eigenvalue weighted by Gasteiger charge is -2.12. The number of methoxy groups -OCH3 is 2. The number of hydrogen-bond acceptors (Lipinski definition) is 5. The molecule has 134 valence electrons. The van der Waals surface area contributed by atoms with E-state index in [0.717, 1.165) is 5.56 Å². The molecule has 0 aromatic heterocycles. The van der Waals surface area contributed by atoms with Crippen LogP contribution < -0.4 is 24.3 Å². The first-order valence-corrected chi connectivity index (χ1v) is 7.94. The number of nitrogens with one attached hydrogen (secondary N) is 1. The van der Waals surface area contributed by atoms with Crippen molar-refractivity contribution in [2.45, 2.75) is 6.92 Å². The van der Waals surface area contributed by atoms with E-state index in [1.165, 1.54) is 0 Å². The quantitative estimate of drug-likeness (QED) is 0.708. The van der Waals surface area contributed by atoms with Gasteiger partial charge in [-0.2, -0.15) is 0 Å². The van der Waals surface area contributed by atoms with Crippen LogP contribution in [0, 0.1) is 6.92 Å². The lowest BCUT2D eigenvalue weighted by Crippen LogP contribution is -2.32. The summed E-state index contributed by atoms with van der Waals surface area (Å²) >= 11 is 0. The predicted octanol–water partition coefficient (Wildman–Crippen LogP) is 2.59. The largest absolute Gasteiger partial charge is 0.493 e. The number of para-hydroxylation sites is 2. The van der Waals surface area contributed by atoms with Crippen molar-refractivity contribution in [3.63, 3.8) is 0 Å². The van der Waals surface area contributed by atoms with Gasteiger partial charge in [0.25, 0.3) is 5.91 Å². The van der Waals surface area contributed by atoms with Gasteiger partial charge in [0.05, 0.1) is 20.8 Å². The van der Waals surface area contributed by atoms with E-state index in [1.54, 1.807) is 26.4 Å². The number of aryl methyl sites for hydroxylation is 1. The molecule has 2 aromatic rings. The van der Waals surface area contributed by atoms with E-state index in [2.05, 4.69) is 5.32 Å². The molecule has 0 spiro atoms. The van der Waals surface area contributed by atoms with Gasteiger partial charge in [0.15, 0.2) is 29.6 Å². The Morgan fingerprint density at radius 1 is 0.920 bits per heavy atom. The molecule has 0 bridgehead atoms. The maximum Gasteiger partial charge on any atom is 0.258 e. The fraction of sp³-hybridized carbons (Fsp3) is 0.316. The van der Waals surface area contributed by atoms with Crippen molar-refractivity contribution in [2.24, 2.45) is 0 Å². The minimum Gasteiger partial charge on any atom is -0.493 e. The maximum atomic E-state index is 11.8. The van der Waals surface area contributed by atoms with Crippen LogP contribution in [0.4, 0.5) is 0 Å². The Morgan fingerprint density at radius 3 is 2.32 bits per heavy atom. The zero-order valence-electron chi connectivity index (χ0n) is 14.7. The first kappa shape index (κ1) is 18.4. The van der Waals surface area contributed by atoms with Crippen molar-refractivity contribution in [1.29, 1.82) is 0 Å². The molecule has 0 saturated carbocycles. The van der Waals surface area contributed by atoms with E-state index in [4.69, 9.17) is 18.9 Å². The lowest BCUT2D eigenvalue weighted by molar-refractivity contribution is -0.123. The Labute approximate surface area is 147 Å². The third-order valence-electron chi connectivity index (χ3n) is 3.43. The van der Waals surface area contributed by atoms with Gasteiger partial charge in [-0.15, -0.1) is 0 Å². The van der Waals surface area contributed by atoms with E-state index in [1.807, 2.05) is 37.3 Å². The number of amides is 1. The number of rotatable bonds is 9. The molecule has 0 aliphatic carbocycles. The van der Waals surface area contributed by atoms with Crippen LogP contribution in [0.3, 0.4) is 0 Å². The van der Waals surface area contributed by atoms with Crippen LogP contribution in [0.15, 0.2) is 42.5 Å². The summed E-state index contributed by atoms with van der Waals surface area (Å²) < 4.78 is 21.5. The second-order valence-corrected chi connectivity index (χ2v) is 5.29. The van der Waals surface area contributed by atoms with E-state index in [0.29, 0.717) is 36.1 Å². The Bertz CT molecular complexity index is 702. The van der Waals surface area contributed by atoms with Crippen molar-refractivity contribution in [3.05, 3.63) is 48.0 Å². The van der Waals surface area contributed by atoms with Gasteiger partial charge in [-0.3, -0.25) is 4.79 Å². The van der Waals surface area contributed by atoms with Crippen molar-refractivity contribution >= 4 is 5.91 Å². The highest BCUT2D eigenvalue weighted by molar-refractivity contribution is 5.77. The first-order valence-electron chi connectivity index (χ1n) is 7.94. The first-order chi connectivity index (χ1) is 12.1. The molecule has 1 amide bonds. The summed E-state index contributed by atoms with van der Waals surface area (Å²) in [6.07, 6.45) is 0. The molecular weight excluding hydrogens is 322 g/mol. The summed E-state index contributed by atoms with van der Waals surface area (Å²) in [6.45, 7) is 2.59. The molecule has 0 saturated heterocycles.